The summed E-state index contributed by atoms with van der Waals surface area (Å²) in [4.78, 5) is 27.7. The van der Waals surface area contributed by atoms with Gasteiger partial charge in [-0.3, -0.25) is 4.79 Å². The van der Waals surface area contributed by atoms with E-state index in [1.54, 1.807) is 25.5 Å². The molecule has 1 aliphatic heterocycles. The second-order valence-corrected chi connectivity index (χ2v) is 8.13. The molecule has 1 aromatic heterocycles. The van der Waals surface area contributed by atoms with E-state index in [0.29, 0.717) is 12.2 Å². The first-order valence-corrected chi connectivity index (χ1v) is 10.4. The van der Waals surface area contributed by atoms with Crippen LogP contribution in [0.5, 0.6) is 5.75 Å². The summed E-state index contributed by atoms with van der Waals surface area (Å²) < 4.78 is 5.51. The lowest BCUT2D eigenvalue weighted by Gasteiger charge is -2.26. The molecule has 0 unspecified atom stereocenters. The second kappa shape index (κ2) is 9.09. The first-order chi connectivity index (χ1) is 13.9. The molecular weight excluding hydrogens is 388 g/mol. The molecule has 154 valence electrons. The van der Waals surface area contributed by atoms with Gasteiger partial charge in [0.05, 0.1) is 23.7 Å². The lowest BCUT2D eigenvalue weighted by atomic mass is 10.00. The Balaban J connectivity index is 1.86. The minimum Gasteiger partial charge on any atom is -0.496 e. The van der Waals surface area contributed by atoms with Crippen LogP contribution < -0.4 is 10.1 Å². The molecular formula is C21H26N4O3S. The zero-order valence-corrected chi connectivity index (χ0v) is 17.9. The number of nitrogens with zero attached hydrogens (tertiary/aromatic N) is 3. The van der Waals surface area contributed by atoms with Crippen LogP contribution in [0.4, 0.5) is 4.79 Å². The highest BCUT2D eigenvalue weighted by Gasteiger charge is 2.35. The Morgan fingerprint density at radius 1 is 1.31 bits per heavy atom. The predicted octanol–water partition coefficient (Wildman–Crippen LogP) is 3.48. The molecule has 0 radical (unpaired) electrons. The van der Waals surface area contributed by atoms with Crippen molar-refractivity contribution in [1.82, 2.24) is 15.2 Å². The summed E-state index contributed by atoms with van der Waals surface area (Å²) in [6.45, 7) is 3.69. The van der Waals surface area contributed by atoms with Crippen molar-refractivity contribution in [3.05, 3.63) is 52.2 Å². The van der Waals surface area contributed by atoms with Gasteiger partial charge in [0.25, 0.3) is 5.91 Å². The maximum Gasteiger partial charge on any atom is 0.317 e. The number of rotatable bonds is 6. The molecule has 3 amide bonds. The highest BCUT2D eigenvalue weighted by molar-refractivity contribution is 7.12. The molecule has 29 heavy (non-hydrogen) atoms. The minimum absolute atomic E-state index is 0.00313. The maximum absolute atomic E-state index is 13.1. The van der Waals surface area contributed by atoms with E-state index in [1.807, 2.05) is 55.6 Å². The topological polar surface area (TPSA) is 74.2 Å². The number of carbonyl (C=O) groups is 2. The number of methoxy groups -OCH3 is 1. The Bertz CT molecular complexity index is 895. The summed E-state index contributed by atoms with van der Waals surface area (Å²) in [5, 5.41) is 10.9. The number of urea groups is 1. The number of hydrogen-bond acceptors (Lipinski definition) is 5. The van der Waals surface area contributed by atoms with Gasteiger partial charge in [-0.25, -0.2) is 9.80 Å². The van der Waals surface area contributed by atoms with E-state index < -0.39 is 0 Å². The average molecular weight is 415 g/mol. The third-order valence-corrected chi connectivity index (χ3v) is 5.52. The Kier molecular flexibility index (Phi) is 6.53. The molecule has 8 heteroatoms. The summed E-state index contributed by atoms with van der Waals surface area (Å²) in [5.41, 5.74) is 1.76. The summed E-state index contributed by atoms with van der Waals surface area (Å²) in [6.07, 6.45) is 0.592. The van der Waals surface area contributed by atoms with Crippen molar-refractivity contribution >= 4 is 29.0 Å². The largest absolute Gasteiger partial charge is 0.496 e. The number of amides is 3. The molecule has 2 aromatic rings. The molecule has 1 aliphatic rings. The van der Waals surface area contributed by atoms with Crippen LogP contribution in [-0.2, 0) is 4.79 Å². The van der Waals surface area contributed by atoms with E-state index in [-0.39, 0.29) is 30.6 Å². The Hall–Kier alpha value is -2.87. The third-order valence-electron chi connectivity index (χ3n) is 4.60. The highest BCUT2D eigenvalue weighted by atomic mass is 32.1. The standard InChI is InChI=1S/C21H26N4O3S/c1-14(2)22-21(27)24(3)13-20(26)25-17(15-8-5-6-9-18(15)28-4)12-16(23-25)19-10-7-11-29-19/h5-11,14,17H,12-13H2,1-4H3,(H,22,27)/t17-/m1/s1. The van der Waals surface area contributed by atoms with Gasteiger partial charge in [0.2, 0.25) is 0 Å². The number of ether oxygens (including phenoxy) is 1. The molecule has 1 atom stereocenters. The number of thiophene rings is 1. The summed E-state index contributed by atoms with van der Waals surface area (Å²) in [7, 11) is 3.22. The second-order valence-electron chi connectivity index (χ2n) is 7.18. The Labute approximate surface area is 175 Å². The molecule has 3 rings (SSSR count). The number of nitrogens with one attached hydrogen (secondary N) is 1. The van der Waals surface area contributed by atoms with Gasteiger partial charge in [-0.05, 0) is 31.4 Å². The lowest BCUT2D eigenvalue weighted by Crippen LogP contribution is -2.45. The zero-order valence-electron chi connectivity index (χ0n) is 17.1. The minimum atomic E-state index is -0.288. The Morgan fingerprint density at radius 2 is 2.07 bits per heavy atom. The fraction of sp³-hybridized carbons (Fsp3) is 0.381. The molecule has 0 spiro atoms. The van der Waals surface area contributed by atoms with Gasteiger partial charge >= 0.3 is 6.03 Å². The monoisotopic (exact) mass is 414 g/mol. The SMILES string of the molecule is COc1ccccc1[C@H]1CC(c2cccs2)=NN1C(=O)CN(C)C(=O)NC(C)C. The fourth-order valence-corrected chi connectivity index (χ4v) is 3.94. The van der Waals surface area contributed by atoms with E-state index >= 15 is 0 Å². The first-order valence-electron chi connectivity index (χ1n) is 9.48. The normalized spacial score (nSPS) is 16.0. The number of para-hydroxylation sites is 1. The van der Waals surface area contributed by atoms with Crippen LogP contribution in [0.15, 0.2) is 46.9 Å². The number of benzene rings is 1. The van der Waals surface area contributed by atoms with Crippen molar-refractivity contribution in [2.75, 3.05) is 20.7 Å². The van der Waals surface area contributed by atoms with Crippen molar-refractivity contribution in [2.24, 2.45) is 5.10 Å². The van der Waals surface area contributed by atoms with Crippen molar-refractivity contribution in [3.8, 4) is 5.75 Å². The molecule has 0 fully saturated rings. The number of hydrazone groups is 1. The van der Waals surface area contributed by atoms with Crippen molar-refractivity contribution in [1.29, 1.82) is 0 Å². The van der Waals surface area contributed by atoms with Crippen LogP contribution in [0, 0.1) is 0 Å². The molecule has 7 nitrogen and oxygen atoms in total. The average Bonchev–Trinajstić information content (AvgIpc) is 3.37. The third kappa shape index (κ3) is 4.76. The van der Waals surface area contributed by atoms with Gasteiger partial charge in [-0.1, -0.05) is 24.3 Å². The van der Waals surface area contributed by atoms with Gasteiger partial charge in [-0.15, -0.1) is 11.3 Å². The summed E-state index contributed by atoms with van der Waals surface area (Å²) >= 11 is 1.59. The smallest absolute Gasteiger partial charge is 0.317 e. The van der Waals surface area contributed by atoms with Gasteiger partial charge in [-0.2, -0.15) is 5.10 Å². The van der Waals surface area contributed by atoms with Crippen LogP contribution >= 0.6 is 11.3 Å². The molecule has 0 bridgehead atoms. The maximum atomic E-state index is 13.1. The van der Waals surface area contributed by atoms with Crippen LogP contribution in [-0.4, -0.2) is 54.3 Å². The van der Waals surface area contributed by atoms with E-state index in [2.05, 4.69) is 10.4 Å². The Morgan fingerprint density at radius 3 is 2.72 bits per heavy atom. The van der Waals surface area contributed by atoms with Gasteiger partial charge in [0.15, 0.2) is 0 Å². The zero-order chi connectivity index (χ0) is 21.0. The van der Waals surface area contributed by atoms with Gasteiger partial charge < -0.3 is 15.0 Å². The highest BCUT2D eigenvalue weighted by Crippen LogP contribution is 2.37. The summed E-state index contributed by atoms with van der Waals surface area (Å²) in [5.74, 6) is 0.470. The van der Waals surface area contributed by atoms with Gasteiger partial charge in [0, 0.05) is 25.1 Å². The predicted molar refractivity (Wildman–Crippen MR) is 114 cm³/mol. The molecule has 0 saturated heterocycles. The molecule has 1 N–H and O–H groups in total. The quantitative estimate of drug-likeness (QED) is 0.786. The van der Waals surface area contributed by atoms with Gasteiger partial charge in [0.1, 0.15) is 12.3 Å². The van der Waals surface area contributed by atoms with E-state index in [4.69, 9.17) is 4.74 Å². The van der Waals surface area contributed by atoms with Crippen LogP contribution in [0.3, 0.4) is 0 Å². The molecule has 1 aromatic carbocycles. The van der Waals surface area contributed by atoms with Crippen LogP contribution in [0.25, 0.3) is 0 Å². The molecule has 0 aliphatic carbocycles. The molecule has 2 heterocycles. The number of likely N-dealkylation sites (N-methyl/N-ethyl adjacent to an activating group) is 1. The van der Waals surface area contributed by atoms with Crippen molar-refractivity contribution < 1.29 is 14.3 Å². The summed E-state index contributed by atoms with van der Waals surface area (Å²) in [6, 6.07) is 11.0. The first kappa shape index (κ1) is 20.9. The van der Waals surface area contributed by atoms with E-state index in [9.17, 15) is 9.59 Å². The van der Waals surface area contributed by atoms with E-state index in [0.717, 1.165) is 16.2 Å². The molecule has 0 saturated carbocycles. The number of carbonyl (C=O) groups excluding carboxylic acids is 2. The fourth-order valence-electron chi connectivity index (χ4n) is 3.22. The van der Waals surface area contributed by atoms with Crippen molar-refractivity contribution in [2.45, 2.75) is 32.4 Å². The number of hydrogen-bond donors (Lipinski definition) is 1. The van der Waals surface area contributed by atoms with Crippen LogP contribution in [0.1, 0.15) is 36.8 Å². The van der Waals surface area contributed by atoms with Crippen LogP contribution in [0.2, 0.25) is 0 Å². The van der Waals surface area contributed by atoms with E-state index in [1.165, 1.54) is 9.91 Å². The lowest BCUT2D eigenvalue weighted by molar-refractivity contribution is -0.133. The van der Waals surface area contributed by atoms with Crippen molar-refractivity contribution in [3.63, 3.8) is 0 Å².